The molecule has 0 fully saturated rings. The van der Waals surface area contributed by atoms with Gasteiger partial charge in [0, 0.05) is 5.88 Å². The van der Waals surface area contributed by atoms with Gasteiger partial charge in [-0.05, 0) is 31.9 Å². The maximum absolute atomic E-state index is 11.9. The van der Waals surface area contributed by atoms with E-state index < -0.39 is 10.0 Å². The lowest BCUT2D eigenvalue weighted by atomic mass is 10.1. The van der Waals surface area contributed by atoms with E-state index in [0.29, 0.717) is 0 Å². The van der Waals surface area contributed by atoms with Crippen molar-refractivity contribution in [1.82, 2.24) is 0 Å². The van der Waals surface area contributed by atoms with Crippen LogP contribution in [-0.2, 0) is 10.0 Å². The average Bonchev–Trinajstić information content (AvgIpc) is 2.21. The van der Waals surface area contributed by atoms with Gasteiger partial charge >= 0.3 is 0 Å². The van der Waals surface area contributed by atoms with Gasteiger partial charge in [0.05, 0.1) is 18.0 Å². The molecule has 0 saturated heterocycles. The van der Waals surface area contributed by atoms with E-state index in [9.17, 15) is 8.42 Å². The number of rotatable bonds is 4. The first-order valence-corrected chi connectivity index (χ1v) is 7.79. The minimum Gasteiger partial charge on any atom is -0.266 e. The molecule has 1 atom stereocenters. The molecule has 96 valence electrons. The molecular weight excluding hydrogens is 258 g/mol. The van der Waals surface area contributed by atoms with Crippen molar-refractivity contribution in [3.8, 4) is 0 Å². The van der Waals surface area contributed by atoms with Crippen molar-refractivity contribution in [2.24, 2.45) is 0 Å². The second-order valence-corrected chi connectivity index (χ2v) is 6.47. The van der Waals surface area contributed by atoms with E-state index in [1.807, 2.05) is 32.0 Å². The van der Waals surface area contributed by atoms with Crippen molar-refractivity contribution in [1.29, 1.82) is 0 Å². The summed E-state index contributed by atoms with van der Waals surface area (Å²) in [4.78, 5) is 0. The summed E-state index contributed by atoms with van der Waals surface area (Å²) in [5.74, 6) is 0.265. The molecule has 0 heterocycles. The highest BCUT2D eigenvalue weighted by Gasteiger charge is 2.25. The molecule has 0 amide bonds. The summed E-state index contributed by atoms with van der Waals surface area (Å²) in [5, 5.41) is 0. The predicted octanol–water partition coefficient (Wildman–Crippen LogP) is 2.70. The highest BCUT2D eigenvalue weighted by atomic mass is 35.5. The van der Waals surface area contributed by atoms with Crippen LogP contribution in [0.3, 0.4) is 0 Å². The quantitative estimate of drug-likeness (QED) is 0.793. The maximum Gasteiger partial charge on any atom is 0.232 e. The molecule has 0 aliphatic rings. The van der Waals surface area contributed by atoms with Crippen molar-refractivity contribution in [2.75, 3.05) is 16.4 Å². The highest BCUT2D eigenvalue weighted by molar-refractivity contribution is 7.92. The third kappa shape index (κ3) is 3.13. The number of nitrogens with zero attached hydrogens (tertiary/aromatic N) is 1. The van der Waals surface area contributed by atoms with Crippen LogP contribution in [0.2, 0.25) is 0 Å². The summed E-state index contributed by atoms with van der Waals surface area (Å²) in [7, 11) is -3.33. The number of anilines is 1. The Kier molecular flexibility index (Phi) is 4.44. The van der Waals surface area contributed by atoms with E-state index in [1.165, 1.54) is 10.6 Å². The largest absolute Gasteiger partial charge is 0.266 e. The number of aryl methyl sites for hydroxylation is 2. The van der Waals surface area contributed by atoms with Gasteiger partial charge in [-0.25, -0.2) is 8.42 Å². The zero-order valence-corrected chi connectivity index (χ0v) is 12.1. The van der Waals surface area contributed by atoms with E-state index in [-0.39, 0.29) is 11.9 Å². The average molecular weight is 276 g/mol. The molecule has 3 nitrogen and oxygen atoms in total. The molecule has 1 rings (SSSR count). The number of halogens is 1. The molecule has 0 saturated carbocycles. The number of para-hydroxylation sites is 1. The fourth-order valence-electron chi connectivity index (χ4n) is 1.93. The Morgan fingerprint density at radius 2 is 1.76 bits per heavy atom. The third-order valence-corrected chi connectivity index (χ3v) is 4.34. The summed E-state index contributed by atoms with van der Waals surface area (Å²) >= 11 is 5.80. The Bertz CT molecular complexity index is 479. The van der Waals surface area contributed by atoms with E-state index in [0.717, 1.165) is 16.8 Å². The first-order chi connectivity index (χ1) is 7.79. The van der Waals surface area contributed by atoms with Gasteiger partial charge in [-0.15, -0.1) is 11.6 Å². The Balaban J connectivity index is 3.43. The van der Waals surface area contributed by atoms with Crippen LogP contribution in [0.25, 0.3) is 0 Å². The van der Waals surface area contributed by atoms with Gasteiger partial charge in [-0.1, -0.05) is 18.2 Å². The molecule has 1 aromatic rings. The SMILES string of the molecule is Cc1cccc(C)c1N(C(C)CCl)S(C)(=O)=O. The van der Waals surface area contributed by atoms with E-state index >= 15 is 0 Å². The summed E-state index contributed by atoms with van der Waals surface area (Å²) in [6, 6.07) is 5.47. The fourth-order valence-corrected chi connectivity index (χ4v) is 3.50. The Morgan fingerprint density at radius 3 is 2.12 bits per heavy atom. The van der Waals surface area contributed by atoms with Crippen molar-refractivity contribution in [2.45, 2.75) is 26.8 Å². The summed E-state index contributed by atoms with van der Waals surface area (Å²) in [5.41, 5.74) is 2.61. The molecule has 0 aliphatic carbocycles. The second-order valence-electron chi connectivity index (χ2n) is 4.30. The minimum atomic E-state index is -3.33. The standard InChI is InChI=1S/C12H18ClNO2S/c1-9-6-5-7-10(2)12(9)14(11(3)8-13)17(4,15)16/h5-7,11H,8H2,1-4H3. The molecular formula is C12H18ClNO2S. The maximum atomic E-state index is 11.9. The van der Waals surface area contributed by atoms with E-state index in [2.05, 4.69) is 0 Å². The minimum absolute atomic E-state index is 0.258. The topological polar surface area (TPSA) is 37.4 Å². The molecule has 5 heteroatoms. The Hall–Kier alpha value is -0.740. The lowest BCUT2D eigenvalue weighted by Crippen LogP contribution is -2.40. The van der Waals surface area contributed by atoms with Gasteiger partial charge in [-0.2, -0.15) is 0 Å². The molecule has 0 bridgehead atoms. The normalized spacial score (nSPS) is 13.5. The summed E-state index contributed by atoms with van der Waals surface area (Å²) in [6.45, 7) is 5.61. The van der Waals surface area contributed by atoms with Crippen molar-refractivity contribution in [3.63, 3.8) is 0 Å². The van der Waals surface area contributed by atoms with Crippen LogP contribution in [-0.4, -0.2) is 26.6 Å². The van der Waals surface area contributed by atoms with Gasteiger partial charge in [0.2, 0.25) is 10.0 Å². The molecule has 0 spiro atoms. The number of alkyl halides is 1. The molecule has 1 aromatic carbocycles. The van der Waals surface area contributed by atoms with Crippen LogP contribution in [0.1, 0.15) is 18.1 Å². The predicted molar refractivity (Wildman–Crippen MR) is 73.4 cm³/mol. The first kappa shape index (κ1) is 14.3. The number of hydrogen-bond donors (Lipinski definition) is 0. The van der Waals surface area contributed by atoms with Crippen molar-refractivity contribution >= 4 is 27.3 Å². The lowest BCUT2D eigenvalue weighted by Gasteiger charge is -2.30. The molecule has 1 unspecified atom stereocenters. The third-order valence-electron chi connectivity index (χ3n) is 2.64. The second kappa shape index (κ2) is 5.27. The van der Waals surface area contributed by atoms with Crippen molar-refractivity contribution in [3.05, 3.63) is 29.3 Å². The van der Waals surface area contributed by atoms with Crippen LogP contribution in [0.15, 0.2) is 18.2 Å². The fraction of sp³-hybridized carbons (Fsp3) is 0.500. The van der Waals surface area contributed by atoms with E-state index in [1.54, 1.807) is 6.92 Å². The number of benzene rings is 1. The zero-order chi connectivity index (χ0) is 13.2. The van der Waals surface area contributed by atoms with Gasteiger partial charge in [0.1, 0.15) is 0 Å². The number of hydrogen-bond acceptors (Lipinski definition) is 2. The summed E-state index contributed by atoms with van der Waals surface area (Å²) in [6.07, 6.45) is 1.21. The van der Waals surface area contributed by atoms with Gasteiger partial charge < -0.3 is 0 Å². The first-order valence-electron chi connectivity index (χ1n) is 5.40. The molecule has 0 aliphatic heterocycles. The van der Waals surface area contributed by atoms with Gasteiger partial charge in [0.15, 0.2) is 0 Å². The number of sulfonamides is 1. The Morgan fingerprint density at radius 1 is 1.29 bits per heavy atom. The molecule has 0 aromatic heterocycles. The Labute approximate surface area is 108 Å². The van der Waals surface area contributed by atoms with Crippen LogP contribution >= 0.6 is 11.6 Å². The van der Waals surface area contributed by atoms with Crippen LogP contribution in [0.5, 0.6) is 0 Å². The molecule has 0 N–H and O–H groups in total. The highest BCUT2D eigenvalue weighted by Crippen LogP contribution is 2.28. The lowest BCUT2D eigenvalue weighted by molar-refractivity contribution is 0.590. The van der Waals surface area contributed by atoms with Crippen molar-refractivity contribution < 1.29 is 8.42 Å². The monoisotopic (exact) mass is 275 g/mol. The van der Waals surface area contributed by atoms with Gasteiger partial charge in [0.25, 0.3) is 0 Å². The van der Waals surface area contributed by atoms with Gasteiger partial charge in [-0.3, -0.25) is 4.31 Å². The van der Waals surface area contributed by atoms with Crippen LogP contribution in [0, 0.1) is 13.8 Å². The summed E-state index contributed by atoms with van der Waals surface area (Å²) < 4.78 is 25.2. The van der Waals surface area contributed by atoms with E-state index in [4.69, 9.17) is 11.6 Å². The zero-order valence-electron chi connectivity index (χ0n) is 10.6. The molecule has 17 heavy (non-hydrogen) atoms. The van der Waals surface area contributed by atoms with Crippen LogP contribution < -0.4 is 4.31 Å². The smallest absolute Gasteiger partial charge is 0.232 e. The molecule has 0 radical (unpaired) electrons. The van der Waals surface area contributed by atoms with Crippen LogP contribution in [0.4, 0.5) is 5.69 Å².